The maximum atomic E-state index is 5.69. The third-order valence-electron chi connectivity index (χ3n) is 1.74. The normalized spacial score (nSPS) is 15.3. The topological polar surface area (TPSA) is 40.5 Å². The Labute approximate surface area is 81.2 Å². The Bertz CT molecular complexity index is 326. The summed E-state index contributed by atoms with van der Waals surface area (Å²) in [6.45, 7) is 0.616. The van der Waals surface area contributed by atoms with Gasteiger partial charge in [0.15, 0.2) is 0 Å². The number of halogens is 1. The monoisotopic (exact) mass is 196 g/mol. The second kappa shape index (κ2) is 3.72. The number of hydrogen-bond acceptors (Lipinski definition) is 4. The van der Waals surface area contributed by atoms with Crippen LogP contribution >= 0.6 is 11.6 Å². The Kier molecular flexibility index (Phi) is 2.42. The zero-order valence-electron chi connectivity index (χ0n) is 6.94. The van der Waals surface area contributed by atoms with Crippen LogP contribution in [0, 0.1) is 0 Å². The van der Waals surface area contributed by atoms with Crippen molar-refractivity contribution < 1.29 is 0 Å². The molecule has 5 heteroatoms. The summed E-state index contributed by atoms with van der Waals surface area (Å²) in [5.41, 5.74) is 5.01. The van der Waals surface area contributed by atoms with Gasteiger partial charge in [0.1, 0.15) is 13.0 Å². The fourth-order valence-corrected chi connectivity index (χ4v) is 1.26. The molecular weight excluding hydrogens is 188 g/mol. The summed E-state index contributed by atoms with van der Waals surface area (Å²) in [4.78, 5) is 8.10. The molecule has 0 unspecified atom stereocenters. The summed E-state index contributed by atoms with van der Waals surface area (Å²) in [7, 11) is 0. The van der Waals surface area contributed by atoms with E-state index in [-0.39, 0.29) is 0 Å². The standard InChI is InChI=1S/C8H9ClN4/c9-2-7-1-8(4-10-3-7)13-6-11-5-12-13/h1,3-4,6,12H,2,5H2. The van der Waals surface area contributed by atoms with Gasteiger partial charge in [0.05, 0.1) is 11.9 Å². The van der Waals surface area contributed by atoms with Crippen LogP contribution in [0.4, 0.5) is 5.69 Å². The van der Waals surface area contributed by atoms with Gasteiger partial charge in [-0.2, -0.15) is 0 Å². The lowest BCUT2D eigenvalue weighted by atomic mass is 10.3. The maximum absolute atomic E-state index is 5.69. The molecule has 0 spiro atoms. The summed E-state index contributed by atoms with van der Waals surface area (Å²) in [6, 6.07) is 1.98. The van der Waals surface area contributed by atoms with Crippen LogP contribution in [0.1, 0.15) is 5.56 Å². The fraction of sp³-hybridized carbons (Fsp3) is 0.250. The van der Waals surface area contributed by atoms with Crippen LogP contribution in [-0.4, -0.2) is 18.0 Å². The van der Waals surface area contributed by atoms with Gasteiger partial charge >= 0.3 is 0 Å². The molecular formula is C8H9ClN4. The van der Waals surface area contributed by atoms with Crippen LogP contribution in [0.5, 0.6) is 0 Å². The van der Waals surface area contributed by atoms with Gasteiger partial charge in [0.25, 0.3) is 0 Å². The maximum Gasteiger partial charge on any atom is 0.108 e. The van der Waals surface area contributed by atoms with Gasteiger partial charge in [-0.15, -0.1) is 11.6 Å². The zero-order valence-corrected chi connectivity index (χ0v) is 7.70. The Morgan fingerprint density at radius 2 is 2.46 bits per heavy atom. The molecule has 2 heterocycles. The predicted molar refractivity (Wildman–Crippen MR) is 52.8 cm³/mol. The first-order valence-corrected chi connectivity index (χ1v) is 4.46. The minimum atomic E-state index is 0.478. The van der Waals surface area contributed by atoms with Crippen molar-refractivity contribution in [1.82, 2.24) is 10.4 Å². The van der Waals surface area contributed by atoms with Gasteiger partial charge in [-0.25, -0.2) is 5.43 Å². The zero-order chi connectivity index (χ0) is 9.10. The number of hydrogen-bond donors (Lipinski definition) is 1. The molecule has 0 bridgehead atoms. The quantitative estimate of drug-likeness (QED) is 0.721. The molecule has 1 aromatic rings. The molecule has 0 radical (unpaired) electrons. The van der Waals surface area contributed by atoms with Gasteiger partial charge in [-0.3, -0.25) is 15.0 Å². The Balaban J connectivity index is 2.24. The molecule has 1 N–H and O–H groups in total. The van der Waals surface area contributed by atoms with Crippen LogP contribution in [0.2, 0.25) is 0 Å². The molecule has 0 aromatic carbocycles. The van der Waals surface area contributed by atoms with Crippen molar-refractivity contribution in [3.8, 4) is 0 Å². The number of anilines is 1. The van der Waals surface area contributed by atoms with Crippen LogP contribution in [-0.2, 0) is 5.88 Å². The highest BCUT2D eigenvalue weighted by atomic mass is 35.5. The lowest BCUT2D eigenvalue weighted by Gasteiger charge is -2.13. The first kappa shape index (κ1) is 8.47. The summed E-state index contributed by atoms with van der Waals surface area (Å²) >= 11 is 5.69. The molecule has 1 aliphatic rings. The van der Waals surface area contributed by atoms with Crippen molar-refractivity contribution in [1.29, 1.82) is 0 Å². The van der Waals surface area contributed by atoms with E-state index in [1.807, 2.05) is 11.1 Å². The minimum absolute atomic E-state index is 0.478. The SMILES string of the molecule is ClCc1cncc(N2C=NCN2)c1. The fourth-order valence-electron chi connectivity index (χ4n) is 1.12. The number of rotatable bonds is 2. The Morgan fingerprint density at radius 1 is 1.54 bits per heavy atom. The number of nitrogens with zero attached hydrogens (tertiary/aromatic N) is 3. The molecule has 1 aliphatic heterocycles. The lowest BCUT2D eigenvalue weighted by Crippen LogP contribution is -2.31. The highest BCUT2D eigenvalue weighted by Gasteiger charge is 2.07. The average Bonchev–Trinajstić information content (AvgIpc) is 2.71. The second-order valence-corrected chi connectivity index (χ2v) is 2.94. The largest absolute Gasteiger partial charge is 0.263 e. The van der Waals surface area contributed by atoms with Crippen molar-refractivity contribution in [2.45, 2.75) is 5.88 Å². The first-order chi connectivity index (χ1) is 6.40. The number of nitrogens with one attached hydrogen (secondary N) is 1. The molecule has 0 fully saturated rings. The van der Waals surface area contributed by atoms with Crippen LogP contribution in [0.15, 0.2) is 23.5 Å². The predicted octanol–water partition coefficient (Wildman–Crippen LogP) is 1.13. The minimum Gasteiger partial charge on any atom is -0.263 e. The average molecular weight is 197 g/mol. The molecule has 0 atom stereocenters. The Morgan fingerprint density at radius 3 is 3.15 bits per heavy atom. The van der Waals surface area contributed by atoms with Gasteiger partial charge in [0, 0.05) is 12.1 Å². The molecule has 4 nitrogen and oxygen atoms in total. The highest BCUT2D eigenvalue weighted by molar-refractivity contribution is 6.17. The number of aromatic nitrogens is 1. The van der Waals surface area contributed by atoms with E-state index in [0.29, 0.717) is 12.5 Å². The van der Waals surface area contributed by atoms with Gasteiger partial charge < -0.3 is 0 Å². The van der Waals surface area contributed by atoms with E-state index in [1.165, 1.54) is 0 Å². The van der Waals surface area contributed by atoms with E-state index >= 15 is 0 Å². The number of aliphatic imine (C=N–C) groups is 1. The number of hydrazine groups is 1. The van der Waals surface area contributed by atoms with E-state index in [2.05, 4.69) is 15.4 Å². The summed E-state index contributed by atoms with van der Waals surface area (Å²) in [6.07, 6.45) is 5.25. The second-order valence-electron chi connectivity index (χ2n) is 2.67. The van der Waals surface area contributed by atoms with Crippen molar-refractivity contribution in [3.63, 3.8) is 0 Å². The van der Waals surface area contributed by atoms with Crippen molar-refractivity contribution in [3.05, 3.63) is 24.0 Å². The van der Waals surface area contributed by atoms with Crippen LogP contribution in [0.3, 0.4) is 0 Å². The molecule has 0 aliphatic carbocycles. The third-order valence-corrected chi connectivity index (χ3v) is 2.05. The molecule has 0 saturated heterocycles. The smallest absolute Gasteiger partial charge is 0.108 e. The molecule has 2 rings (SSSR count). The van der Waals surface area contributed by atoms with Crippen molar-refractivity contribution >= 4 is 23.6 Å². The first-order valence-electron chi connectivity index (χ1n) is 3.93. The van der Waals surface area contributed by atoms with Crippen LogP contribution < -0.4 is 10.4 Å². The summed E-state index contributed by atoms with van der Waals surface area (Å²) in [5.74, 6) is 0.478. The van der Waals surface area contributed by atoms with E-state index in [0.717, 1.165) is 11.3 Å². The van der Waals surface area contributed by atoms with Crippen molar-refractivity contribution in [2.24, 2.45) is 4.99 Å². The molecule has 1 aromatic heterocycles. The molecule has 0 saturated carbocycles. The molecule has 68 valence electrons. The van der Waals surface area contributed by atoms with E-state index in [9.17, 15) is 0 Å². The summed E-state index contributed by atoms with van der Waals surface area (Å²) < 4.78 is 0. The number of pyridine rings is 1. The van der Waals surface area contributed by atoms with Gasteiger partial charge in [-0.05, 0) is 11.6 Å². The highest BCUT2D eigenvalue weighted by Crippen LogP contribution is 2.13. The third kappa shape index (κ3) is 1.79. The summed E-state index contributed by atoms with van der Waals surface area (Å²) in [5, 5.41) is 1.82. The lowest BCUT2D eigenvalue weighted by molar-refractivity contribution is 0.795. The van der Waals surface area contributed by atoms with E-state index in [4.69, 9.17) is 11.6 Å². The molecule has 0 amide bonds. The Hall–Kier alpha value is -1.13. The van der Waals surface area contributed by atoms with Gasteiger partial charge in [-0.1, -0.05) is 0 Å². The van der Waals surface area contributed by atoms with Crippen LogP contribution in [0.25, 0.3) is 0 Å². The van der Waals surface area contributed by atoms with Gasteiger partial charge in [0.2, 0.25) is 0 Å². The molecule has 13 heavy (non-hydrogen) atoms. The van der Waals surface area contributed by atoms with E-state index in [1.54, 1.807) is 18.7 Å². The van der Waals surface area contributed by atoms with Crippen molar-refractivity contribution in [2.75, 3.05) is 11.7 Å². The number of alkyl halides is 1. The van der Waals surface area contributed by atoms with E-state index < -0.39 is 0 Å².